The summed E-state index contributed by atoms with van der Waals surface area (Å²) in [6.45, 7) is 1.96. The minimum absolute atomic E-state index is 0.272. The van der Waals surface area contributed by atoms with Crippen LogP contribution in [-0.4, -0.2) is 35.7 Å². The van der Waals surface area contributed by atoms with Gasteiger partial charge in [-0.15, -0.1) is 6.42 Å². The summed E-state index contributed by atoms with van der Waals surface area (Å²) in [7, 11) is 0. The van der Waals surface area contributed by atoms with Crippen molar-refractivity contribution in [1.29, 1.82) is 0 Å². The summed E-state index contributed by atoms with van der Waals surface area (Å²) in [5.41, 5.74) is 0. The van der Waals surface area contributed by atoms with Crippen LogP contribution in [0.5, 0.6) is 0 Å². The number of nitrogens with zero attached hydrogens (tertiary/aromatic N) is 1. The van der Waals surface area contributed by atoms with Gasteiger partial charge in [-0.2, -0.15) is 0 Å². The average molecular weight is 167 g/mol. The van der Waals surface area contributed by atoms with Gasteiger partial charge in [0.1, 0.15) is 0 Å². The third-order valence-corrected chi connectivity index (χ3v) is 2.49. The first-order valence-electron chi connectivity index (χ1n) is 4.67. The molecule has 0 radical (unpaired) electrons. The molecule has 0 atom stereocenters. The SMILES string of the molecule is C#CCN(CCCO)C1CCC1. The largest absolute Gasteiger partial charge is 0.396 e. The molecule has 12 heavy (non-hydrogen) atoms. The molecule has 68 valence electrons. The van der Waals surface area contributed by atoms with Crippen molar-refractivity contribution in [3.05, 3.63) is 0 Å². The van der Waals surface area contributed by atoms with Crippen molar-refractivity contribution in [2.24, 2.45) is 0 Å². The van der Waals surface area contributed by atoms with E-state index in [1.54, 1.807) is 0 Å². The van der Waals surface area contributed by atoms with E-state index in [0.29, 0.717) is 6.04 Å². The molecule has 1 rings (SSSR count). The van der Waals surface area contributed by atoms with Crippen molar-refractivity contribution in [1.82, 2.24) is 4.90 Å². The Labute approximate surface area is 74.6 Å². The van der Waals surface area contributed by atoms with Crippen molar-refractivity contribution in [3.8, 4) is 12.3 Å². The molecule has 0 heterocycles. The van der Waals surface area contributed by atoms with E-state index < -0.39 is 0 Å². The second-order valence-corrected chi connectivity index (χ2v) is 3.34. The molecule has 0 aliphatic heterocycles. The van der Waals surface area contributed by atoms with Gasteiger partial charge in [0.2, 0.25) is 0 Å². The zero-order valence-corrected chi connectivity index (χ0v) is 7.50. The fourth-order valence-corrected chi connectivity index (χ4v) is 1.53. The van der Waals surface area contributed by atoms with Gasteiger partial charge >= 0.3 is 0 Å². The van der Waals surface area contributed by atoms with Crippen molar-refractivity contribution < 1.29 is 5.11 Å². The first-order chi connectivity index (χ1) is 5.88. The van der Waals surface area contributed by atoms with Crippen LogP contribution in [0.25, 0.3) is 0 Å². The fraction of sp³-hybridized carbons (Fsp3) is 0.800. The number of aliphatic hydroxyl groups excluding tert-OH is 1. The van der Waals surface area contributed by atoms with Crippen molar-refractivity contribution >= 4 is 0 Å². The molecule has 0 aromatic heterocycles. The molecule has 0 spiro atoms. The van der Waals surface area contributed by atoms with Crippen LogP contribution in [0, 0.1) is 12.3 Å². The average Bonchev–Trinajstić information content (AvgIpc) is 1.97. The maximum absolute atomic E-state index is 8.68. The molecule has 0 aromatic carbocycles. The molecule has 2 heteroatoms. The molecule has 0 unspecified atom stereocenters. The Morgan fingerprint density at radius 1 is 1.50 bits per heavy atom. The Morgan fingerprint density at radius 2 is 2.25 bits per heavy atom. The molecule has 0 aromatic rings. The predicted octanol–water partition coefficient (Wildman–Crippen LogP) is 0.856. The summed E-state index contributed by atoms with van der Waals surface area (Å²) in [6.07, 6.45) is 10.0. The number of terminal acetylenes is 1. The second-order valence-electron chi connectivity index (χ2n) is 3.34. The minimum Gasteiger partial charge on any atom is -0.396 e. The standard InChI is InChI=1S/C10H17NO/c1-2-7-11(8-4-9-12)10-5-3-6-10/h1,10,12H,3-9H2. The van der Waals surface area contributed by atoms with E-state index in [2.05, 4.69) is 10.8 Å². The lowest BCUT2D eigenvalue weighted by atomic mass is 9.91. The molecule has 0 amide bonds. The summed E-state index contributed by atoms with van der Waals surface area (Å²) >= 11 is 0. The van der Waals surface area contributed by atoms with Gasteiger partial charge in [-0.25, -0.2) is 0 Å². The molecular formula is C10H17NO. The van der Waals surface area contributed by atoms with Crippen molar-refractivity contribution in [2.75, 3.05) is 19.7 Å². The monoisotopic (exact) mass is 167 g/mol. The highest BCUT2D eigenvalue weighted by atomic mass is 16.3. The van der Waals surface area contributed by atoms with E-state index in [-0.39, 0.29) is 6.61 Å². The molecule has 1 aliphatic rings. The highest BCUT2D eigenvalue weighted by Gasteiger charge is 2.23. The lowest BCUT2D eigenvalue weighted by Crippen LogP contribution is -2.41. The van der Waals surface area contributed by atoms with Gasteiger partial charge in [-0.3, -0.25) is 4.90 Å². The molecular weight excluding hydrogens is 150 g/mol. The Balaban J connectivity index is 2.22. The molecule has 0 saturated heterocycles. The van der Waals surface area contributed by atoms with E-state index in [0.717, 1.165) is 19.5 Å². The van der Waals surface area contributed by atoms with Crippen LogP contribution in [0.4, 0.5) is 0 Å². The number of aliphatic hydroxyl groups is 1. The van der Waals surface area contributed by atoms with E-state index in [9.17, 15) is 0 Å². The van der Waals surface area contributed by atoms with E-state index in [1.807, 2.05) is 0 Å². The third-order valence-electron chi connectivity index (χ3n) is 2.49. The van der Waals surface area contributed by atoms with Gasteiger partial charge < -0.3 is 5.11 Å². The summed E-state index contributed by atoms with van der Waals surface area (Å²) < 4.78 is 0. The van der Waals surface area contributed by atoms with Gasteiger partial charge in [0, 0.05) is 19.2 Å². The molecule has 0 bridgehead atoms. The van der Waals surface area contributed by atoms with Crippen LogP contribution >= 0.6 is 0 Å². The lowest BCUT2D eigenvalue weighted by molar-refractivity contribution is 0.132. The van der Waals surface area contributed by atoms with E-state index in [1.165, 1.54) is 19.3 Å². The minimum atomic E-state index is 0.272. The van der Waals surface area contributed by atoms with Crippen LogP contribution in [0.3, 0.4) is 0 Å². The summed E-state index contributed by atoms with van der Waals surface area (Å²) in [5, 5.41) is 8.68. The Bertz CT molecular complexity index is 158. The maximum atomic E-state index is 8.68. The van der Waals surface area contributed by atoms with Gasteiger partial charge in [0.05, 0.1) is 6.54 Å². The summed E-state index contributed by atoms with van der Waals surface area (Å²) in [4.78, 5) is 2.31. The Hall–Kier alpha value is -0.520. The zero-order valence-electron chi connectivity index (χ0n) is 7.50. The van der Waals surface area contributed by atoms with Crippen molar-refractivity contribution in [2.45, 2.75) is 31.7 Å². The van der Waals surface area contributed by atoms with E-state index >= 15 is 0 Å². The summed E-state index contributed by atoms with van der Waals surface area (Å²) in [6, 6.07) is 0.701. The smallest absolute Gasteiger partial charge is 0.0601 e. The first-order valence-corrected chi connectivity index (χ1v) is 4.67. The zero-order chi connectivity index (χ0) is 8.81. The Kier molecular flexibility index (Phi) is 4.13. The van der Waals surface area contributed by atoms with Crippen LogP contribution < -0.4 is 0 Å². The van der Waals surface area contributed by atoms with Crippen LogP contribution in [-0.2, 0) is 0 Å². The number of rotatable bonds is 5. The Morgan fingerprint density at radius 3 is 2.67 bits per heavy atom. The predicted molar refractivity (Wildman–Crippen MR) is 49.7 cm³/mol. The maximum Gasteiger partial charge on any atom is 0.0601 e. The molecule has 1 N–H and O–H groups in total. The molecule has 1 aliphatic carbocycles. The van der Waals surface area contributed by atoms with Gasteiger partial charge in [0.25, 0.3) is 0 Å². The van der Waals surface area contributed by atoms with Gasteiger partial charge in [-0.1, -0.05) is 12.3 Å². The van der Waals surface area contributed by atoms with Crippen LogP contribution in [0.1, 0.15) is 25.7 Å². The van der Waals surface area contributed by atoms with Crippen molar-refractivity contribution in [3.63, 3.8) is 0 Å². The molecule has 1 saturated carbocycles. The second kappa shape index (κ2) is 5.18. The lowest BCUT2D eigenvalue weighted by Gasteiger charge is -2.36. The van der Waals surface area contributed by atoms with Gasteiger partial charge in [0.15, 0.2) is 0 Å². The highest BCUT2D eigenvalue weighted by Crippen LogP contribution is 2.24. The highest BCUT2D eigenvalue weighted by molar-refractivity contribution is 4.92. The number of hydrogen-bond donors (Lipinski definition) is 1. The molecule has 1 fully saturated rings. The molecule has 2 nitrogen and oxygen atoms in total. The first kappa shape index (κ1) is 9.57. The van der Waals surface area contributed by atoms with Crippen LogP contribution in [0.2, 0.25) is 0 Å². The number of hydrogen-bond acceptors (Lipinski definition) is 2. The summed E-state index contributed by atoms with van der Waals surface area (Å²) in [5.74, 6) is 2.67. The quantitative estimate of drug-likeness (QED) is 0.614. The fourth-order valence-electron chi connectivity index (χ4n) is 1.53. The van der Waals surface area contributed by atoms with E-state index in [4.69, 9.17) is 11.5 Å². The third kappa shape index (κ3) is 2.51. The van der Waals surface area contributed by atoms with Gasteiger partial charge in [-0.05, 0) is 19.3 Å². The topological polar surface area (TPSA) is 23.5 Å². The van der Waals surface area contributed by atoms with Crippen LogP contribution in [0.15, 0.2) is 0 Å². The normalized spacial score (nSPS) is 17.4.